The zero-order valence-electron chi connectivity index (χ0n) is 18.4. The normalized spacial score (nSPS) is 16.3. The summed E-state index contributed by atoms with van der Waals surface area (Å²) in [4.78, 5) is 7.04. The summed E-state index contributed by atoms with van der Waals surface area (Å²) in [6, 6.07) is 13.9. The van der Waals surface area contributed by atoms with E-state index in [1.807, 2.05) is 37.3 Å². The van der Waals surface area contributed by atoms with Gasteiger partial charge in [-0.05, 0) is 38.0 Å². The number of nitrogens with zero attached hydrogens (tertiary/aromatic N) is 2. The largest absolute Gasteiger partial charge is 0.504 e. The van der Waals surface area contributed by atoms with Gasteiger partial charge in [0, 0.05) is 31.2 Å². The number of halogens is 1. The fraction of sp³-hybridized carbons (Fsp3) is 0.435. The van der Waals surface area contributed by atoms with E-state index in [-0.39, 0.29) is 35.8 Å². The van der Waals surface area contributed by atoms with Gasteiger partial charge < -0.3 is 30.1 Å². The van der Waals surface area contributed by atoms with E-state index < -0.39 is 0 Å². The maximum absolute atomic E-state index is 10.3. The van der Waals surface area contributed by atoms with Crippen LogP contribution < -0.4 is 25.0 Å². The zero-order valence-corrected chi connectivity index (χ0v) is 20.8. The van der Waals surface area contributed by atoms with Crippen LogP contribution in [0.3, 0.4) is 0 Å². The molecule has 2 aromatic carbocycles. The summed E-state index contributed by atoms with van der Waals surface area (Å²) in [5.74, 6) is 2.24. The van der Waals surface area contributed by atoms with Gasteiger partial charge in [0.05, 0.1) is 26.5 Å². The average molecular weight is 540 g/mol. The molecule has 1 fully saturated rings. The summed E-state index contributed by atoms with van der Waals surface area (Å²) in [7, 11) is 3.26. The highest BCUT2D eigenvalue weighted by molar-refractivity contribution is 14.0. The number of piperidine rings is 1. The number of phenols is 1. The Morgan fingerprint density at radius 2 is 1.87 bits per heavy atom. The number of benzene rings is 2. The number of para-hydroxylation sites is 3. The van der Waals surface area contributed by atoms with Crippen LogP contribution >= 0.6 is 24.0 Å². The minimum absolute atomic E-state index is 0. The molecule has 3 rings (SSSR count). The van der Waals surface area contributed by atoms with Crippen molar-refractivity contribution in [2.24, 2.45) is 4.99 Å². The fourth-order valence-electron chi connectivity index (χ4n) is 3.74. The van der Waals surface area contributed by atoms with Crippen molar-refractivity contribution in [3.05, 3.63) is 48.0 Å². The van der Waals surface area contributed by atoms with Crippen LogP contribution in [0.2, 0.25) is 0 Å². The molecule has 8 heteroatoms. The smallest absolute Gasteiger partial charge is 0.191 e. The summed E-state index contributed by atoms with van der Waals surface area (Å²) in [6.07, 6.45) is 2.16. The third kappa shape index (κ3) is 6.56. The number of nitrogens with one attached hydrogen (secondary N) is 2. The minimum atomic E-state index is 0. The molecule has 0 saturated carbocycles. The standard InChI is InChI=1S/C23H32N4O3.HI/c1-4-24-23(25-15-17-9-7-13-21(30-3)22(17)28)26-18-10-8-14-27(16-18)19-11-5-6-12-20(19)29-2;/h5-7,9,11-13,18,28H,4,8,10,14-16H2,1-3H3,(H2,24,25,26);1H. The molecular weight excluding hydrogens is 507 g/mol. The summed E-state index contributed by atoms with van der Waals surface area (Å²) in [6.45, 7) is 5.04. The number of aromatic hydroxyl groups is 1. The lowest BCUT2D eigenvalue weighted by atomic mass is 10.0. The Labute approximate surface area is 201 Å². The number of anilines is 1. The first-order valence-corrected chi connectivity index (χ1v) is 10.4. The molecule has 0 aromatic heterocycles. The third-order valence-electron chi connectivity index (χ3n) is 5.24. The molecule has 1 saturated heterocycles. The molecule has 0 spiro atoms. The van der Waals surface area contributed by atoms with Crippen LogP contribution in [0.15, 0.2) is 47.5 Å². The lowest BCUT2D eigenvalue weighted by molar-refractivity contribution is 0.370. The van der Waals surface area contributed by atoms with Crippen molar-refractivity contribution >= 4 is 35.6 Å². The highest BCUT2D eigenvalue weighted by atomic mass is 127. The second kappa shape index (κ2) is 12.5. The number of methoxy groups -OCH3 is 2. The van der Waals surface area contributed by atoms with Crippen LogP contribution in [0.25, 0.3) is 0 Å². The Bertz CT molecular complexity index is 862. The van der Waals surface area contributed by atoms with Crippen LogP contribution in [-0.4, -0.2) is 51.0 Å². The van der Waals surface area contributed by atoms with Gasteiger partial charge in [0.25, 0.3) is 0 Å². The average Bonchev–Trinajstić information content (AvgIpc) is 2.78. The number of hydrogen-bond donors (Lipinski definition) is 3. The number of aliphatic imine (C=N–C) groups is 1. The number of guanidine groups is 1. The van der Waals surface area contributed by atoms with Crippen molar-refractivity contribution in [2.45, 2.75) is 32.4 Å². The van der Waals surface area contributed by atoms with Crippen molar-refractivity contribution in [3.63, 3.8) is 0 Å². The molecule has 2 aromatic rings. The summed E-state index contributed by atoms with van der Waals surface area (Å²) < 4.78 is 10.7. The Kier molecular flexibility index (Phi) is 10.0. The quantitative estimate of drug-likeness (QED) is 0.282. The molecule has 1 heterocycles. The van der Waals surface area contributed by atoms with Crippen LogP contribution in [0.4, 0.5) is 5.69 Å². The second-order valence-corrected chi connectivity index (χ2v) is 7.26. The first-order chi connectivity index (χ1) is 14.7. The number of rotatable bonds is 7. The minimum Gasteiger partial charge on any atom is -0.504 e. The van der Waals surface area contributed by atoms with Crippen LogP contribution in [0, 0.1) is 0 Å². The Morgan fingerprint density at radius 1 is 1.13 bits per heavy atom. The van der Waals surface area contributed by atoms with E-state index in [0.717, 1.165) is 55.4 Å². The molecule has 3 N–H and O–H groups in total. The maximum atomic E-state index is 10.3. The van der Waals surface area contributed by atoms with Gasteiger partial charge in [-0.2, -0.15) is 0 Å². The molecule has 0 bridgehead atoms. The summed E-state index contributed by atoms with van der Waals surface area (Å²) >= 11 is 0. The maximum Gasteiger partial charge on any atom is 0.191 e. The highest BCUT2D eigenvalue weighted by Crippen LogP contribution is 2.31. The van der Waals surface area contributed by atoms with E-state index in [9.17, 15) is 5.11 Å². The lowest BCUT2D eigenvalue weighted by Gasteiger charge is -2.36. The molecule has 1 aliphatic heterocycles. The van der Waals surface area contributed by atoms with Crippen molar-refractivity contribution in [3.8, 4) is 17.2 Å². The predicted molar refractivity (Wildman–Crippen MR) is 136 cm³/mol. The molecule has 31 heavy (non-hydrogen) atoms. The number of ether oxygens (including phenoxy) is 2. The van der Waals surface area contributed by atoms with Gasteiger partial charge in [-0.1, -0.05) is 24.3 Å². The first kappa shape index (κ1) is 24.9. The zero-order chi connectivity index (χ0) is 21.3. The molecule has 0 radical (unpaired) electrons. The molecule has 1 aliphatic rings. The van der Waals surface area contributed by atoms with Gasteiger partial charge in [-0.15, -0.1) is 24.0 Å². The fourth-order valence-corrected chi connectivity index (χ4v) is 3.74. The predicted octanol–water partition coefficient (Wildman–Crippen LogP) is 3.75. The van der Waals surface area contributed by atoms with Crippen LogP contribution in [-0.2, 0) is 6.54 Å². The Balaban J connectivity index is 0.00000341. The van der Waals surface area contributed by atoms with Crippen LogP contribution in [0.1, 0.15) is 25.3 Å². The third-order valence-corrected chi connectivity index (χ3v) is 5.24. The van der Waals surface area contributed by atoms with Crippen molar-refractivity contribution in [2.75, 3.05) is 38.8 Å². The summed E-state index contributed by atoms with van der Waals surface area (Å²) in [5, 5.41) is 17.2. The van der Waals surface area contributed by atoms with Crippen molar-refractivity contribution < 1.29 is 14.6 Å². The Morgan fingerprint density at radius 3 is 2.61 bits per heavy atom. The lowest BCUT2D eigenvalue weighted by Crippen LogP contribution is -2.51. The van der Waals surface area contributed by atoms with E-state index >= 15 is 0 Å². The Hall–Kier alpha value is -2.36. The van der Waals surface area contributed by atoms with E-state index in [0.29, 0.717) is 12.3 Å². The van der Waals surface area contributed by atoms with E-state index in [4.69, 9.17) is 9.47 Å². The number of hydrogen-bond acceptors (Lipinski definition) is 5. The summed E-state index contributed by atoms with van der Waals surface area (Å²) in [5.41, 5.74) is 1.85. The van der Waals surface area contributed by atoms with E-state index in [1.54, 1.807) is 20.3 Å². The molecule has 0 amide bonds. The van der Waals surface area contributed by atoms with E-state index in [1.165, 1.54) is 0 Å². The SMILES string of the molecule is CCNC(=NCc1cccc(OC)c1O)NC1CCCN(c2ccccc2OC)C1.I. The van der Waals surface area contributed by atoms with Gasteiger partial charge in [0.1, 0.15) is 5.75 Å². The molecular formula is C23H33IN4O3. The second-order valence-electron chi connectivity index (χ2n) is 7.26. The molecule has 1 atom stereocenters. The monoisotopic (exact) mass is 540 g/mol. The highest BCUT2D eigenvalue weighted by Gasteiger charge is 2.23. The van der Waals surface area contributed by atoms with E-state index in [2.05, 4.69) is 26.6 Å². The van der Waals surface area contributed by atoms with Gasteiger partial charge in [-0.25, -0.2) is 4.99 Å². The number of phenolic OH excluding ortho intramolecular Hbond substituents is 1. The van der Waals surface area contributed by atoms with Gasteiger partial charge in [-0.3, -0.25) is 0 Å². The van der Waals surface area contributed by atoms with Gasteiger partial charge in [0.2, 0.25) is 0 Å². The molecule has 7 nitrogen and oxygen atoms in total. The molecule has 1 unspecified atom stereocenters. The molecule has 0 aliphatic carbocycles. The van der Waals surface area contributed by atoms with Gasteiger partial charge in [0.15, 0.2) is 17.5 Å². The topological polar surface area (TPSA) is 78.4 Å². The molecule has 170 valence electrons. The first-order valence-electron chi connectivity index (χ1n) is 10.4. The van der Waals surface area contributed by atoms with Gasteiger partial charge >= 0.3 is 0 Å². The van der Waals surface area contributed by atoms with Crippen molar-refractivity contribution in [1.82, 2.24) is 10.6 Å². The van der Waals surface area contributed by atoms with Crippen LogP contribution in [0.5, 0.6) is 17.2 Å². The van der Waals surface area contributed by atoms with Crippen molar-refractivity contribution in [1.29, 1.82) is 0 Å².